The molecule has 5 nitrogen and oxygen atoms in total. The van der Waals surface area contributed by atoms with Crippen molar-refractivity contribution in [1.29, 1.82) is 0 Å². The number of hydrogen-bond donors (Lipinski definition) is 1. The maximum Gasteiger partial charge on any atom is 0.247 e. The van der Waals surface area contributed by atoms with Gasteiger partial charge >= 0.3 is 0 Å². The average molecular weight is 241 g/mol. The average Bonchev–Trinajstić information content (AvgIpc) is 2.28. The van der Waals surface area contributed by atoms with E-state index in [2.05, 4.69) is 0 Å². The number of sulfone groups is 1. The molecule has 0 radical (unpaired) electrons. The van der Waals surface area contributed by atoms with Gasteiger partial charge in [0.2, 0.25) is 10.0 Å². The third kappa shape index (κ3) is 2.50. The van der Waals surface area contributed by atoms with Crippen LogP contribution >= 0.6 is 11.3 Å². The third-order valence-electron chi connectivity index (χ3n) is 1.26. The topological polar surface area (TPSA) is 94.3 Å². The fourth-order valence-electron chi connectivity index (χ4n) is 0.644. The van der Waals surface area contributed by atoms with Crippen LogP contribution in [-0.2, 0) is 19.9 Å². The first-order chi connectivity index (χ1) is 5.71. The standard InChI is InChI=1S/C5H7NO4S3/c1-12(7,8)4-2-5(11-3-4)13(6,9)10/h2-3H,1H3,(H2,6,9,10). The number of rotatable bonds is 2. The van der Waals surface area contributed by atoms with Gasteiger partial charge in [-0.3, -0.25) is 0 Å². The summed E-state index contributed by atoms with van der Waals surface area (Å²) in [6.07, 6.45) is 1.00. The molecule has 0 saturated heterocycles. The van der Waals surface area contributed by atoms with Crippen molar-refractivity contribution in [1.82, 2.24) is 0 Å². The molecule has 74 valence electrons. The summed E-state index contributed by atoms with van der Waals surface area (Å²) in [6.45, 7) is 0. The zero-order chi connectivity index (χ0) is 10.3. The number of thiophene rings is 1. The van der Waals surface area contributed by atoms with Crippen molar-refractivity contribution in [2.24, 2.45) is 5.14 Å². The van der Waals surface area contributed by atoms with Crippen molar-refractivity contribution in [3.05, 3.63) is 11.4 Å². The lowest BCUT2D eigenvalue weighted by Crippen LogP contribution is -2.10. The first-order valence-corrected chi connectivity index (χ1v) is 7.34. The Morgan fingerprint density at radius 2 is 1.85 bits per heavy atom. The van der Waals surface area contributed by atoms with Crippen LogP contribution in [0, 0.1) is 0 Å². The number of nitrogens with two attached hydrogens (primary N) is 1. The molecule has 0 aromatic carbocycles. The molecule has 0 atom stereocenters. The molecule has 0 aliphatic rings. The second-order valence-electron chi connectivity index (χ2n) is 2.42. The molecule has 0 bridgehead atoms. The Labute approximate surface area is 80.2 Å². The van der Waals surface area contributed by atoms with E-state index in [1.807, 2.05) is 0 Å². The monoisotopic (exact) mass is 241 g/mol. The molecular weight excluding hydrogens is 234 g/mol. The predicted molar refractivity (Wildman–Crippen MR) is 48.8 cm³/mol. The van der Waals surface area contributed by atoms with Crippen LogP contribution in [-0.4, -0.2) is 23.1 Å². The fraction of sp³-hybridized carbons (Fsp3) is 0.200. The Bertz CT molecular complexity index is 463. The molecule has 1 aromatic rings. The normalized spacial score (nSPS) is 13.1. The smallest absolute Gasteiger partial charge is 0.224 e. The Kier molecular flexibility index (Phi) is 2.50. The largest absolute Gasteiger partial charge is 0.247 e. The van der Waals surface area contributed by atoms with Crippen molar-refractivity contribution in [3.8, 4) is 0 Å². The number of hydrogen-bond acceptors (Lipinski definition) is 5. The van der Waals surface area contributed by atoms with Crippen molar-refractivity contribution < 1.29 is 16.8 Å². The molecule has 0 fully saturated rings. The maximum atomic E-state index is 10.9. The lowest BCUT2D eigenvalue weighted by atomic mass is 10.7. The van der Waals surface area contributed by atoms with Gasteiger partial charge < -0.3 is 0 Å². The summed E-state index contributed by atoms with van der Waals surface area (Å²) >= 11 is 0.791. The summed E-state index contributed by atoms with van der Waals surface area (Å²) in [5.41, 5.74) is 0. The zero-order valence-electron chi connectivity index (χ0n) is 6.59. The minimum atomic E-state index is -3.79. The van der Waals surface area contributed by atoms with Gasteiger partial charge in [0.1, 0.15) is 4.21 Å². The molecule has 0 amide bonds. The predicted octanol–water partition coefficient (Wildman–Crippen LogP) is -0.201. The van der Waals surface area contributed by atoms with Crippen LogP contribution in [0.25, 0.3) is 0 Å². The first-order valence-electron chi connectivity index (χ1n) is 3.02. The molecule has 0 aliphatic carbocycles. The highest BCUT2D eigenvalue weighted by atomic mass is 32.2. The number of sulfonamides is 1. The van der Waals surface area contributed by atoms with Crippen LogP contribution < -0.4 is 5.14 Å². The Hall–Kier alpha value is -0.440. The summed E-state index contributed by atoms with van der Waals surface area (Å²) in [5, 5.41) is 6.05. The highest BCUT2D eigenvalue weighted by Crippen LogP contribution is 2.21. The van der Waals surface area contributed by atoms with Gasteiger partial charge in [0.25, 0.3) is 0 Å². The van der Waals surface area contributed by atoms with Crippen molar-refractivity contribution in [3.63, 3.8) is 0 Å². The highest BCUT2D eigenvalue weighted by molar-refractivity contribution is 7.92. The first kappa shape index (κ1) is 10.6. The SMILES string of the molecule is CS(=O)(=O)c1csc(S(N)(=O)=O)c1. The molecule has 0 unspecified atom stereocenters. The summed E-state index contributed by atoms with van der Waals surface area (Å²) < 4.78 is 43.3. The summed E-state index contributed by atoms with van der Waals surface area (Å²) in [6, 6.07) is 1.05. The quantitative estimate of drug-likeness (QED) is 0.775. The lowest BCUT2D eigenvalue weighted by molar-refractivity contribution is 0.599. The Morgan fingerprint density at radius 3 is 2.08 bits per heavy atom. The summed E-state index contributed by atoms with van der Waals surface area (Å²) in [7, 11) is -7.14. The van der Waals surface area contributed by atoms with Crippen LogP contribution in [0.5, 0.6) is 0 Å². The highest BCUT2D eigenvalue weighted by Gasteiger charge is 2.15. The van der Waals surface area contributed by atoms with Gasteiger partial charge in [-0.05, 0) is 6.07 Å². The molecule has 0 aliphatic heterocycles. The molecule has 2 N–H and O–H groups in total. The molecule has 1 rings (SSSR count). The van der Waals surface area contributed by atoms with Crippen molar-refractivity contribution in [2.45, 2.75) is 9.10 Å². The van der Waals surface area contributed by atoms with Crippen LogP contribution in [0.2, 0.25) is 0 Å². The second-order valence-corrected chi connectivity index (χ2v) is 7.13. The van der Waals surface area contributed by atoms with Gasteiger partial charge in [-0.15, -0.1) is 11.3 Å². The Balaban J connectivity index is 3.32. The maximum absolute atomic E-state index is 10.9. The van der Waals surface area contributed by atoms with Crippen LogP contribution in [0.4, 0.5) is 0 Å². The van der Waals surface area contributed by atoms with Gasteiger partial charge in [0.05, 0.1) is 4.90 Å². The zero-order valence-corrected chi connectivity index (χ0v) is 9.04. The fourth-order valence-corrected chi connectivity index (χ4v) is 3.44. The number of primary sulfonamides is 1. The van der Waals surface area contributed by atoms with Gasteiger partial charge in [0.15, 0.2) is 9.84 Å². The van der Waals surface area contributed by atoms with Crippen LogP contribution in [0.3, 0.4) is 0 Å². The lowest BCUT2D eigenvalue weighted by Gasteiger charge is -1.90. The third-order valence-corrected chi connectivity index (χ3v) is 4.89. The molecule has 0 spiro atoms. The molecule has 8 heteroatoms. The van der Waals surface area contributed by atoms with Crippen LogP contribution in [0.15, 0.2) is 20.6 Å². The molecule has 1 aromatic heterocycles. The van der Waals surface area contributed by atoms with Crippen molar-refractivity contribution >= 4 is 31.2 Å². The van der Waals surface area contributed by atoms with Crippen molar-refractivity contribution in [2.75, 3.05) is 6.26 Å². The van der Waals surface area contributed by atoms with E-state index in [9.17, 15) is 16.8 Å². The van der Waals surface area contributed by atoms with Gasteiger partial charge in [-0.2, -0.15) is 0 Å². The van der Waals surface area contributed by atoms with E-state index in [0.717, 1.165) is 23.7 Å². The summed E-state index contributed by atoms with van der Waals surface area (Å²) in [4.78, 5) is -0.0264. The minimum Gasteiger partial charge on any atom is -0.224 e. The van der Waals surface area contributed by atoms with E-state index in [0.29, 0.717) is 0 Å². The summed E-state index contributed by atoms with van der Waals surface area (Å²) in [5.74, 6) is 0. The van der Waals surface area contributed by atoms with Crippen LogP contribution in [0.1, 0.15) is 0 Å². The van der Waals surface area contributed by atoms with E-state index in [4.69, 9.17) is 5.14 Å². The van der Waals surface area contributed by atoms with E-state index in [1.165, 1.54) is 5.38 Å². The van der Waals surface area contributed by atoms with Gasteiger partial charge in [-0.25, -0.2) is 22.0 Å². The molecular formula is C5H7NO4S3. The molecule has 0 saturated carbocycles. The van der Waals surface area contributed by atoms with E-state index < -0.39 is 19.9 Å². The molecule has 13 heavy (non-hydrogen) atoms. The van der Waals surface area contributed by atoms with Gasteiger partial charge in [-0.1, -0.05) is 0 Å². The van der Waals surface area contributed by atoms with E-state index in [-0.39, 0.29) is 9.10 Å². The molecule has 1 heterocycles. The van der Waals surface area contributed by atoms with E-state index in [1.54, 1.807) is 0 Å². The van der Waals surface area contributed by atoms with E-state index >= 15 is 0 Å². The van der Waals surface area contributed by atoms with Gasteiger partial charge in [0, 0.05) is 11.6 Å². The Morgan fingerprint density at radius 1 is 1.31 bits per heavy atom. The second kappa shape index (κ2) is 3.05. The minimum absolute atomic E-state index is 0.0264.